The molecular weight excluding hydrogens is 446 g/mol. The van der Waals surface area contributed by atoms with Gasteiger partial charge in [-0.05, 0) is 50.8 Å². The van der Waals surface area contributed by atoms with Gasteiger partial charge in [-0.3, -0.25) is 4.79 Å². The highest BCUT2D eigenvalue weighted by atomic mass is 32.2. The number of amides is 1. The fraction of sp³-hybridized carbons (Fsp3) is 0.542. The molecule has 1 fully saturated rings. The number of benzene rings is 1. The third kappa shape index (κ3) is 4.43. The van der Waals surface area contributed by atoms with Crippen molar-refractivity contribution in [3.05, 3.63) is 35.9 Å². The number of ether oxygens (including phenoxy) is 4. The minimum absolute atomic E-state index is 0.0990. The topological polar surface area (TPSA) is 91.4 Å². The van der Waals surface area contributed by atoms with Crippen molar-refractivity contribution < 1.29 is 33.3 Å². The second-order valence-corrected chi connectivity index (χ2v) is 9.46. The summed E-state index contributed by atoms with van der Waals surface area (Å²) in [6.07, 6.45) is 6.54. The lowest BCUT2D eigenvalue weighted by atomic mass is 9.83. The van der Waals surface area contributed by atoms with Crippen molar-refractivity contribution in [1.29, 1.82) is 0 Å². The van der Waals surface area contributed by atoms with Crippen LogP contribution in [-0.2, 0) is 23.9 Å². The average Bonchev–Trinajstić information content (AvgIpc) is 3.32. The molecule has 0 unspecified atom stereocenters. The smallest absolute Gasteiger partial charge is 0.334 e. The van der Waals surface area contributed by atoms with E-state index in [0.29, 0.717) is 30.2 Å². The highest BCUT2D eigenvalue weighted by Gasteiger charge is 2.59. The van der Waals surface area contributed by atoms with Crippen molar-refractivity contribution in [2.75, 3.05) is 33.1 Å². The van der Waals surface area contributed by atoms with Gasteiger partial charge >= 0.3 is 11.9 Å². The number of rotatable bonds is 6. The quantitative estimate of drug-likeness (QED) is 0.352. The summed E-state index contributed by atoms with van der Waals surface area (Å²) < 4.78 is 19.9. The van der Waals surface area contributed by atoms with E-state index in [-0.39, 0.29) is 25.9 Å². The molecule has 0 spiro atoms. The van der Waals surface area contributed by atoms with E-state index in [1.54, 1.807) is 44.2 Å². The molecule has 0 bridgehead atoms. The molecule has 3 heterocycles. The molecule has 0 N–H and O–H groups in total. The molecule has 1 saturated heterocycles. The lowest BCUT2D eigenvalue weighted by Crippen LogP contribution is -2.54. The van der Waals surface area contributed by atoms with Crippen LogP contribution >= 0.6 is 11.8 Å². The SMILES string of the molecule is CCOC(=O)C1(C(=O)OCC)S[C@H](C(=O)N2CCCCC2)C=C[C@@H]1c1ccc2c(c1)OCO2. The Kier molecular flexibility index (Phi) is 7.17. The molecule has 2 atom stereocenters. The van der Waals surface area contributed by atoms with Crippen LogP contribution in [-0.4, -0.2) is 65.8 Å². The second kappa shape index (κ2) is 10.1. The number of nitrogens with zero attached hydrogens (tertiary/aromatic N) is 1. The molecule has 4 rings (SSSR count). The van der Waals surface area contributed by atoms with Gasteiger partial charge in [-0.1, -0.05) is 18.2 Å². The molecule has 9 heteroatoms. The van der Waals surface area contributed by atoms with E-state index in [9.17, 15) is 14.4 Å². The van der Waals surface area contributed by atoms with E-state index in [1.807, 2.05) is 4.90 Å². The third-order valence-corrected chi connectivity index (χ3v) is 7.63. The summed E-state index contributed by atoms with van der Waals surface area (Å²) >= 11 is 1.01. The van der Waals surface area contributed by atoms with Crippen LogP contribution in [0.3, 0.4) is 0 Å². The molecule has 0 aromatic heterocycles. The Bertz CT molecular complexity index is 923. The molecular formula is C24H29NO7S. The van der Waals surface area contributed by atoms with Crippen LogP contribution in [0.1, 0.15) is 44.6 Å². The van der Waals surface area contributed by atoms with Gasteiger partial charge in [0.2, 0.25) is 17.4 Å². The molecule has 0 radical (unpaired) electrons. The molecule has 178 valence electrons. The largest absolute Gasteiger partial charge is 0.464 e. The molecule has 0 saturated carbocycles. The zero-order chi connectivity index (χ0) is 23.4. The lowest BCUT2D eigenvalue weighted by molar-refractivity contribution is -0.159. The maximum absolute atomic E-state index is 13.4. The van der Waals surface area contributed by atoms with E-state index in [2.05, 4.69) is 0 Å². The first-order valence-electron chi connectivity index (χ1n) is 11.4. The van der Waals surface area contributed by atoms with E-state index >= 15 is 0 Å². The number of carbonyl (C=O) groups is 3. The Morgan fingerprint density at radius 3 is 2.33 bits per heavy atom. The van der Waals surface area contributed by atoms with Crippen molar-refractivity contribution in [3.63, 3.8) is 0 Å². The Morgan fingerprint density at radius 2 is 1.67 bits per heavy atom. The van der Waals surface area contributed by atoms with Gasteiger partial charge in [0.15, 0.2) is 11.5 Å². The molecule has 1 aromatic rings. The van der Waals surface area contributed by atoms with Crippen LogP contribution in [0.5, 0.6) is 11.5 Å². The Labute approximate surface area is 197 Å². The van der Waals surface area contributed by atoms with E-state index in [0.717, 1.165) is 31.0 Å². The zero-order valence-electron chi connectivity index (χ0n) is 18.9. The summed E-state index contributed by atoms with van der Waals surface area (Å²) in [5.74, 6) is -1.09. The molecule has 1 amide bonds. The lowest BCUT2D eigenvalue weighted by Gasteiger charge is -2.40. The van der Waals surface area contributed by atoms with Gasteiger partial charge < -0.3 is 23.8 Å². The summed E-state index contributed by atoms with van der Waals surface area (Å²) in [4.78, 5) is 42.0. The highest BCUT2D eigenvalue weighted by molar-refractivity contribution is 8.03. The standard InChI is InChI=1S/C24H29NO7S/c1-3-29-22(27)24(23(28)30-4-2)17(16-8-10-18-19(14-16)32-15-31-18)9-11-20(33-24)21(26)25-12-6-5-7-13-25/h8-11,14,17,20H,3-7,12-13,15H2,1-2H3/t17-,20+/m1/s1. The molecule has 3 aliphatic heterocycles. The van der Waals surface area contributed by atoms with Crippen molar-refractivity contribution in [2.45, 2.75) is 49.0 Å². The van der Waals surface area contributed by atoms with Gasteiger partial charge in [0, 0.05) is 19.0 Å². The van der Waals surface area contributed by atoms with Crippen LogP contribution in [0, 0.1) is 0 Å². The monoisotopic (exact) mass is 475 g/mol. The second-order valence-electron chi connectivity index (χ2n) is 8.08. The number of thioether (sulfide) groups is 1. The van der Waals surface area contributed by atoms with Crippen LogP contribution in [0.15, 0.2) is 30.4 Å². The minimum atomic E-state index is -1.76. The number of carbonyl (C=O) groups excluding carboxylic acids is 3. The molecule has 0 aliphatic carbocycles. The first kappa shape index (κ1) is 23.5. The normalized spacial score (nSPS) is 23.2. The van der Waals surface area contributed by atoms with Crippen LogP contribution < -0.4 is 9.47 Å². The van der Waals surface area contributed by atoms with Crippen LogP contribution in [0.4, 0.5) is 0 Å². The zero-order valence-corrected chi connectivity index (χ0v) is 19.7. The number of likely N-dealkylation sites (tertiary alicyclic amines) is 1. The predicted octanol–water partition coefficient (Wildman–Crippen LogP) is 3.05. The highest BCUT2D eigenvalue weighted by Crippen LogP contribution is 2.50. The first-order valence-corrected chi connectivity index (χ1v) is 12.3. The van der Waals surface area contributed by atoms with Gasteiger partial charge in [0.1, 0.15) is 5.25 Å². The molecule has 8 nitrogen and oxygen atoms in total. The molecule has 1 aromatic carbocycles. The van der Waals surface area contributed by atoms with Gasteiger partial charge in [0.05, 0.1) is 13.2 Å². The van der Waals surface area contributed by atoms with Crippen LogP contribution in [0.25, 0.3) is 0 Å². The van der Waals surface area contributed by atoms with Crippen molar-refractivity contribution in [2.24, 2.45) is 0 Å². The summed E-state index contributed by atoms with van der Waals surface area (Å²) in [6, 6.07) is 5.31. The maximum atomic E-state index is 13.4. The molecule has 33 heavy (non-hydrogen) atoms. The number of allylic oxidation sites excluding steroid dienone is 1. The minimum Gasteiger partial charge on any atom is -0.464 e. The Morgan fingerprint density at radius 1 is 1.00 bits per heavy atom. The Hall–Kier alpha value is -2.68. The summed E-state index contributed by atoms with van der Waals surface area (Å²) in [5, 5.41) is -0.692. The van der Waals surface area contributed by atoms with E-state index in [1.165, 1.54) is 0 Å². The number of hydrogen-bond acceptors (Lipinski definition) is 8. The number of piperidine rings is 1. The van der Waals surface area contributed by atoms with Gasteiger partial charge in [-0.15, -0.1) is 11.8 Å². The van der Waals surface area contributed by atoms with Gasteiger partial charge in [0.25, 0.3) is 0 Å². The number of esters is 2. The molecule has 3 aliphatic rings. The first-order chi connectivity index (χ1) is 16.0. The number of fused-ring (bicyclic) bond motifs is 1. The average molecular weight is 476 g/mol. The summed E-state index contributed by atoms with van der Waals surface area (Å²) in [6.45, 7) is 5.05. The fourth-order valence-electron chi connectivity index (χ4n) is 4.45. The number of hydrogen-bond donors (Lipinski definition) is 0. The fourth-order valence-corrected chi connectivity index (χ4v) is 5.94. The third-order valence-electron chi connectivity index (χ3n) is 6.05. The van der Waals surface area contributed by atoms with Crippen molar-refractivity contribution >= 4 is 29.6 Å². The van der Waals surface area contributed by atoms with Gasteiger partial charge in [-0.25, -0.2) is 9.59 Å². The van der Waals surface area contributed by atoms with E-state index in [4.69, 9.17) is 18.9 Å². The van der Waals surface area contributed by atoms with E-state index < -0.39 is 27.9 Å². The van der Waals surface area contributed by atoms with Crippen LogP contribution in [0.2, 0.25) is 0 Å². The predicted molar refractivity (Wildman–Crippen MR) is 122 cm³/mol. The van der Waals surface area contributed by atoms with Crippen molar-refractivity contribution in [3.8, 4) is 11.5 Å². The summed E-state index contributed by atoms with van der Waals surface area (Å²) in [5.41, 5.74) is 0.674. The Balaban J connectivity index is 1.77. The summed E-state index contributed by atoms with van der Waals surface area (Å²) in [7, 11) is 0. The maximum Gasteiger partial charge on any atom is 0.334 e. The van der Waals surface area contributed by atoms with Crippen molar-refractivity contribution in [1.82, 2.24) is 4.90 Å². The van der Waals surface area contributed by atoms with Gasteiger partial charge in [-0.2, -0.15) is 0 Å².